The number of halogens is 1. The highest BCUT2D eigenvalue weighted by Crippen LogP contribution is 2.22. The van der Waals surface area contributed by atoms with Gasteiger partial charge in [0.15, 0.2) is 0 Å². The van der Waals surface area contributed by atoms with Crippen molar-refractivity contribution in [3.8, 4) is 0 Å². The van der Waals surface area contributed by atoms with Crippen LogP contribution in [0.2, 0.25) is 0 Å². The first-order valence-electron chi connectivity index (χ1n) is 6.79. The molecule has 21 heavy (non-hydrogen) atoms. The molecule has 0 aliphatic heterocycles. The number of anilines is 1. The van der Waals surface area contributed by atoms with Crippen molar-refractivity contribution in [2.45, 2.75) is 19.9 Å². The summed E-state index contributed by atoms with van der Waals surface area (Å²) < 4.78 is 1.07. The highest BCUT2D eigenvalue weighted by molar-refractivity contribution is 9.11. The van der Waals surface area contributed by atoms with Gasteiger partial charge in [-0.25, -0.2) is 4.98 Å². The normalized spacial score (nSPS) is 10.4. The van der Waals surface area contributed by atoms with Gasteiger partial charge in [-0.3, -0.25) is 4.79 Å². The lowest BCUT2D eigenvalue weighted by molar-refractivity contribution is 0.0786. The highest BCUT2D eigenvalue weighted by atomic mass is 79.9. The van der Waals surface area contributed by atoms with Crippen LogP contribution in [0.4, 0.5) is 5.82 Å². The Bertz CT molecular complexity index is 614. The molecule has 0 unspecified atom stereocenters. The summed E-state index contributed by atoms with van der Waals surface area (Å²) in [5, 5.41) is 5.25. The number of nitrogens with one attached hydrogen (secondary N) is 1. The number of carbonyl (C=O) groups excluding carboxylic acids is 1. The van der Waals surface area contributed by atoms with Crippen LogP contribution in [0, 0.1) is 0 Å². The molecular formula is C15H18BrN3OS. The molecule has 6 heteroatoms. The predicted octanol–water partition coefficient (Wildman–Crippen LogP) is 4.00. The number of carbonyl (C=O) groups is 1. The smallest absolute Gasteiger partial charge is 0.257 e. The zero-order valence-corrected chi connectivity index (χ0v) is 14.5. The van der Waals surface area contributed by atoms with E-state index in [2.05, 4.69) is 33.2 Å². The Morgan fingerprint density at radius 3 is 3.00 bits per heavy atom. The average Bonchev–Trinajstić information content (AvgIpc) is 2.89. The van der Waals surface area contributed by atoms with E-state index in [0.29, 0.717) is 17.9 Å². The molecule has 1 N–H and O–H groups in total. The van der Waals surface area contributed by atoms with Crippen molar-refractivity contribution in [2.75, 3.05) is 18.9 Å². The zero-order chi connectivity index (χ0) is 15.2. The first-order chi connectivity index (χ1) is 10.1. The fourth-order valence-electron chi connectivity index (χ4n) is 1.94. The van der Waals surface area contributed by atoms with Crippen LogP contribution in [0.5, 0.6) is 0 Å². The van der Waals surface area contributed by atoms with E-state index in [0.717, 1.165) is 22.3 Å². The summed E-state index contributed by atoms with van der Waals surface area (Å²) >= 11 is 5.06. The van der Waals surface area contributed by atoms with E-state index >= 15 is 0 Å². The summed E-state index contributed by atoms with van der Waals surface area (Å²) in [4.78, 5) is 18.6. The van der Waals surface area contributed by atoms with Crippen molar-refractivity contribution in [3.63, 3.8) is 0 Å². The van der Waals surface area contributed by atoms with Crippen LogP contribution in [0.15, 0.2) is 33.6 Å². The summed E-state index contributed by atoms with van der Waals surface area (Å²) in [5.41, 5.74) is 1.73. The Morgan fingerprint density at radius 2 is 2.33 bits per heavy atom. The Morgan fingerprint density at radius 1 is 1.52 bits per heavy atom. The van der Waals surface area contributed by atoms with Gasteiger partial charge in [-0.1, -0.05) is 6.92 Å². The van der Waals surface area contributed by atoms with Crippen LogP contribution in [0.3, 0.4) is 0 Å². The van der Waals surface area contributed by atoms with Gasteiger partial charge in [0.1, 0.15) is 5.82 Å². The van der Waals surface area contributed by atoms with Gasteiger partial charge in [-0.15, -0.1) is 11.3 Å². The summed E-state index contributed by atoms with van der Waals surface area (Å²) in [6.45, 7) is 3.47. The number of rotatable bonds is 6. The molecule has 0 saturated heterocycles. The number of hydrogen-bond donors (Lipinski definition) is 1. The second-order valence-corrected chi connectivity index (χ2v) is 7.04. The van der Waals surface area contributed by atoms with Crippen LogP contribution < -0.4 is 5.32 Å². The minimum Gasteiger partial charge on any atom is -0.369 e. The van der Waals surface area contributed by atoms with E-state index in [4.69, 9.17) is 0 Å². The quantitative estimate of drug-likeness (QED) is 0.838. The molecule has 0 aromatic carbocycles. The molecule has 2 aromatic heterocycles. The van der Waals surface area contributed by atoms with E-state index < -0.39 is 0 Å². The SMILES string of the molecule is CCCNc1ncccc1C(=O)N(C)Cc1csc(Br)c1. The maximum atomic E-state index is 12.6. The lowest BCUT2D eigenvalue weighted by Gasteiger charge is -2.18. The molecule has 0 radical (unpaired) electrons. The lowest BCUT2D eigenvalue weighted by Crippen LogP contribution is -2.27. The topological polar surface area (TPSA) is 45.2 Å². The van der Waals surface area contributed by atoms with E-state index in [1.54, 1.807) is 28.5 Å². The third-order valence-corrected chi connectivity index (χ3v) is 4.52. The second-order valence-electron chi connectivity index (χ2n) is 4.75. The fraction of sp³-hybridized carbons (Fsp3) is 0.333. The van der Waals surface area contributed by atoms with Crippen LogP contribution in [0.1, 0.15) is 29.3 Å². The molecule has 2 heterocycles. The summed E-state index contributed by atoms with van der Waals surface area (Å²) in [7, 11) is 1.81. The molecule has 2 rings (SSSR count). The molecule has 0 spiro atoms. The summed E-state index contributed by atoms with van der Waals surface area (Å²) in [5.74, 6) is 0.631. The van der Waals surface area contributed by atoms with Gasteiger partial charge in [0.05, 0.1) is 9.35 Å². The molecule has 0 aliphatic carbocycles. The minimum atomic E-state index is -0.0241. The first kappa shape index (κ1) is 16.0. The van der Waals surface area contributed by atoms with E-state index in [-0.39, 0.29) is 5.91 Å². The van der Waals surface area contributed by atoms with Gasteiger partial charge in [0.2, 0.25) is 0 Å². The highest BCUT2D eigenvalue weighted by Gasteiger charge is 2.17. The molecule has 0 saturated carbocycles. The first-order valence-corrected chi connectivity index (χ1v) is 8.46. The average molecular weight is 368 g/mol. The van der Waals surface area contributed by atoms with Gasteiger partial charge in [0, 0.05) is 26.3 Å². The van der Waals surface area contributed by atoms with Crippen LogP contribution in [-0.4, -0.2) is 29.4 Å². The number of hydrogen-bond acceptors (Lipinski definition) is 4. The number of aromatic nitrogens is 1. The van der Waals surface area contributed by atoms with Gasteiger partial charge >= 0.3 is 0 Å². The monoisotopic (exact) mass is 367 g/mol. The third kappa shape index (κ3) is 4.28. The predicted molar refractivity (Wildman–Crippen MR) is 90.8 cm³/mol. The van der Waals surface area contributed by atoms with Crippen LogP contribution in [0.25, 0.3) is 0 Å². The Kier molecular flexibility index (Phi) is 5.76. The number of thiophene rings is 1. The van der Waals surface area contributed by atoms with Crippen molar-refractivity contribution in [3.05, 3.63) is 44.7 Å². The van der Waals surface area contributed by atoms with Gasteiger partial charge in [0.25, 0.3) is 5.91 Å². The van der Waals surface area contributed by atoms with Gasteiger partial charge in [-0.05, 0) is 51.5 Å². The molecule has 4 nitrogen and oxygen atoms in total. The molecule has 0 bridgehead atoms. The number of pyridine rings is 1. The van der Waals surface area contributed by atoms with Crippen molar-refractivity contribution >= 4 is 39.0 Å². The molecular weight excluding hydrogens is 350 g/mol. The lowest BCUT2D eigenvalue weighted by atomic mass is 10.2. The Labute approximate surface area is 137 Å². The van der Waals surface area contributed by atoms with Gasteiger partial charge < -0.3 is 10.2 Å². The molecule has 1 amide bonds. The van der Waals surface area contributed by atoms with Crippen molar-refractivity contribution in [1.82, 2.24) is 9.88 Å². The summed E-state index contributed by atoms with van der Waals surface area (Å²) in [6, 6.07) is 5.64. The molecule has 2 aromatic rings. The largest absolute Gasteiger partial charge is 0.369 e. The Hall–Kier alpha value is -1.40. The number of nitrogens with zero attached hydrogens (tertiary/aromatic N) is 2. The maximum absolute atomic E-state index is 12.6. The second kappa shape index (κ2) is 7.56. The Balaban J connectivity index is 2.11. The minimum absolute atomic E-state index is 0.0241. The van der Waals surface area contributed by atoms with Crippen molar-refractivity contribution in [2.24, 2.45) is 0 Å². The standard InChI is InChI=1S/C15H18BrN3OS/c1-3-6-17-14-12(5-4-7-18-14)15(20)19(2)9-11-8-13(16)21-10-11/h4-5,7-8,10H,3,6,9H2,1-2H3,(H,17,18). The van der Waals surface area contributed by atoms with E-state index in [9.17, 15) is 4.79 Å². The maximum Gasteiger partial charge on any atom is 0.257 e. The summed E-state index contributed by atoms with van der Waals surface area (Å²) in [6.07, 6.45) is 2.69. The molecule has 0 fully saturated rings. The van der Waals surface area contributed by atoms with E-state index in [1.807, 2.05) is 24.6 Å². The zero-order valence-electron chi connectivity index (χ0n) is 12.1. The van der Waals surface area contributed by atoms with Gasteiger partial charge in [-0.2, -0.15) is 0 Å². The van der Waals surface area contributed by atoms with E-state index in [1.165, 1.54) is 0 Å². The van der Waals surface area contributed by atoms with Crippen molar-refractivity contribution < 1.29 is 4.79 Å². The van der Waals surface area contributed by atoms with Crippen molar-refractivity contribution in [1.29, 1.82) is 0 Å². The fourth-order valence-corrected chi connectivity index (χ4v) is 3.14. The number of amides is 1. The molecule has 0 atom stereocenters. The van der Waals surface area contributed by atoms with Crippen LogP contribution in [-0.2, 0) is 6.54 Å². The third-order valence-electron chi connectivity index (χ3n) is 2.97. The molecule has 112 valence electrons. The van der Waals surface area contributed by atoms with Crippen LogP contribution >= 0.6 is 27.3 Å². The molecule has 0 aliphatic rings.